The van der Waals surface area contributed by atoms with Crippen molar-refractivity contribution in [2.75, 3.05) is 48.9 Å². The smallest absolute Gasteiger partial charge is 0.310 e. The highest BCUT2D eigenvalue weighted by molar-refractivity contribution is 7.85. The molecule has 2 aliphatic rings. The number of nitrogens with one attached hydrogen (secondary N) is 1. The van der Waals surface area contributed by atoms with E-state index in [4.69, 9.17) is 9.47 Å². The third-order valence-electron chi connectivity index (χ3n) is 10.6. The maximum atomic E-state index is 13.9. The number of carboxylic acid groups (broad SMARTS) is 1. The third-order valence-corrected chi connectivity index (χ3v) is 11.9. The highest BCUT2D eigenvalue weighted by atomic mass is 32.2. The highest BCUT2D eigenvalue weighted by Crippen LogP contribution is 2.35. The Morgan fingerprint density at radius 2 is 1.73 bits per heavy atom. The predicted octanol–water partition coefficient (Wildman–Crippen LogP) is 9.94. The van der Waals surface area contributed by atoms with Crippen LogP contribution in [0.1, 0.15) is 91.5 Å². The largest absolute Gasteiger partial charge is 0.491 e. The molecule has 0 bridgehead atoms. The average molecular weight is 782 g/mol. The second-order valence-corrected chi connectivity index (χ2v) is 16.9. The Balaban J connectivity index is 1.34. The maximum absolute atomic E-state index is 13.9. The fourth-order valence-electron chi connectivity index (χ4n) is 7.15. The number of carboxylic acids is 1. The Kier molecular flexibility index (Phi) is 15.7. The van der Waals surface area contributed by atoms with Crippen molar-refractivity contribution < 1.29 is 28.4 Å². The lowest BCUT2D eigenvalue weighted by molar-refractivity contribution is -0.146. The summed E-state index contributed by atoms with van der Waals surface area (Å²) in [5.74, 6) is 0.552. The van der Waals surface area contributed by atoms with Crippen molar-refractivity contribution in [2.45, 2.75) is 90.9 Å². The summed E-state index contributed by atoms with van der Waals surface area (Å²) < 4.78 is 24.9. The highest BCUT2D eigenvalue weighted by Gasteiger charge is 2.31. The summed E-state index contributed by atoms with van der Waals surface area (Å²) in [4.78, 5) is 33.5. The van der Waals surface area contributed by atoms with Crippen LogP contribution in [0.4, 0.5) is 11.4 Å². The van der Waals surface area contributed by atoms with Gasteiger partial charge in [-0.15, -0.1) is 0 Å². The molecule has 0 fully saturated rings. The number of anilines is 2. The van der Waals surface area contributed by atoms with Gasteiger partial charge in [-0.3, -0.25) is 18.8 Å². The number of amides is 1. The molecule has 0 aromatic heterocycles. The molecule has 3 aromatic carbocycles. The van der Waals surface area contributed by atoms with E-state index in [-0.39, 0.29) is 5.91 Å². The van der Waals surface area contributed by atoms with E-state index in [9.17, 15) is 18.9 Å². The first-order chi connectivity index (χ1) is 27.0. The molecular weight excluding hydrogens is 723 g/mol. The fraction of sp³-hybridized carbons (Fsp3) is 0.457. The van der Waals surface area contributed by atoms with Gasteiger partial charge in [0.25, 0.3) is 5.91 Å². The molecule has 10 heteroatoms. The van der Waals surface area contributed by atoms with E-state index in [0.717, 1.165) is 79.0 Å². The molecule has 2 unspecified atom stereocenters. The van der Waals surface area contributed by atoms with Crippen LogP contribution in [0.2, 0.25) is 0 Å². The van der Waals surface area contributed by atoms with Gasteiger partial charge in [-0.2, -0.15) is 0 Å². The number of benzene rings is 3. The molecule has 2 atom stereocenters. The normalized spacial score (nSPS) is 16.6. The minimum absolute atomic E-state index is 0.203. The van der Waals surface area contributed by atoms with E-state index >= 15 is 0 Å². The van der Waals surface area contributed by atoms with E-state index < -0.39 is 22.2 Å². The SMILES string of the molecule is CCCCOCCOc1ccc(-c2ccc3c(c2)C=C(C(=O)Nc2ccc(S(=O)CC4=C(C)C(CCC)CCC=N4)cc2)CCCN3CC(C)(C)C(=O)O)cc1. The van der Waals surface area contributed by atoms with Crippen molar-refractivity contribution >= 4 is 46.3 Å². The van der Waals surface area contributed by atoms with Gasteiger partial charge in [0.1, 0.15) is 12.4 Å². The molecule has 2 aliphatic heterocycles. The topological polar surface area (TPSA) is 118 Å². The number of hydrogen-bond donors (Lipinski definition) is 2. The summed E-state index contributed by atoms with van der Waals surface area (Å²) in [7, 11) is -1.27. The van der Waals surface area contributed by atoms with E-state index in [0.29, 0.717) is 67.0 Å². The summed E-state index contributed by atoms with van der Waals surface area (Å²) in [6.45, 7) is 12.6. The zero-order chi connectivity index (χ0) is 40.1. The van der Waals surface area contributed by atoms with Crippen molar-refractivity contribution in [3.63, 3.8) is 0 Å². The van der Waals surface area contributed by atoms with Gasteiger partial charge >= 0.3 is 5.97 Å². The average Bonchev–Trinajstić information content (AvgIpc) is 3.35. The van der Waals surface area contributed by atoms with Crippen molar-refractivity contribution in [1.82, 2.24) is 0 Å². The van der Waals surface area contributed by atoms with E-state index in [2.05, 4.69) is 42.0 Å². The van der Waals surface area contributed by atoms with Crippen LogP contribution in [0.3, 0.4) is 0 Å². The van der Waals surface area contributed by atoms with E-state index in [1.54, 1.807) is 26.0 Å². The van der Waals surface area contributed by atoms with Gasteiger partial charge in [-0.05, 0) is 142 Å². The molecule has 9 nitrogen and oxygen atoms in total. The zero-order valence-electron chi connectivity index (χ0n) is 33.8. The molecule has 3 aromatic rings. The molecular formula is C46H59N3O6S. The second-order valence-electron chi connectivity index (χ2n) is 15.5. The van der Waals surface area contributed by atoms with Crippen LogP contribution in [-0.4, -0.2) is 66.1 Å². The Labute approximate surface area is 335 Å². The van der Waals surface area contributed by atoms with Gasteiger partial charge in [0.15, 0.2) is 0 Å². The number of rotatable bonds is 18. The molecule has 0 spiro atoms. The Morgan fingerprint density at radius 1 is 0.982 bits per heavy atom. The molecule has 300 valence electrons. The van der Waals surface area contributed by atoms with Gasteiger partial charge in [-0.25, -0.2) is 0 Å². The number of fused-ring (bicyclic) bond motifs is 1. The first-order valence-corrected chi connectivity index (χ1v) is 21.5. The van der Waals surface area contributed by atoms with Crippen LogP contribution in [0, 0.1) is 11.3 Å². The Morgan fingerprint density at radius 3 is 2.45 bits per heavy atom. The maximum Gasteiger partial charge on any atom is 0.310 e. The molecule has 56 heavy (non-hydrogen) atoms. The monoisotopic (exact) mass is 781 g/mol. The van der Waals surface area contributed by atoms with Crippen LogP contribution in [0.15, 0.2) is 93.5 Å². The Hall–Kier alpha value is -4.54. The van der Waals surface area contributed by atoms with Crippen molar-refractivity contribution in [3.05, 3.63) is 89.1 Å². The molecule has 2 N–H and O–H groups in total. The van der Waals surface area contributed by atoms with Crippen molar-refractivity contribution in [3.8, 4) is 16.9 Å². The first kappa shape index (κ1) is 42.6. The number of carbonyl (C=O) groups is 2. The molecule has 0 saturated heterocycles. The van der Waals surface area contributed by atoms with E-state index in [1.165, 1.54) is 5.57 Å². The lowest BCUT2D eigenvalue weighted by Gasteiger charge is -2.34. The van der Waals surface area contributed by atoms with Gasteiger partial charge in [0.05, 0.1) is 34.3 Å². The first-order valence-electron chi connectivity index (χ1n) is 20.1. The van der Waals surface area contributed by atoms with Gasteiger partial charge in [0, 0.05) is 47.8 Å². The molecule has 0 saturated carbocycles. The number of ether oxygens (including phenoxy) is 2. The zero-order valence-corrected chi connectivity index (χ0v) is 34.6. The lowest BCUT2D eigenvalue weighted by Crippen LogP contribution is -2.40. The molecule has 0 radical (unpaired) electrons. The summed E-state index contributed by atoms with van der Waals surface area (Å²) in [5, 5.41) is 13.0. The number of aliphatic imine (C=N–C) groups is 1. The molecule has 0 aliphatic carbocycles. The summed E-state index contributed by atoms with van der Waals surface area (Å²) in [6, 6.07) is 21.3. The Bertz CT molecular complexity index is 1920. The number of allylic oxidation sites excluding steroid dienone is 1. The minimum Gasteiger partial charge on any atom is -0.491 e. The molecule has 1 amide bonds. The predicted molar refractivity (Wildman–Crippen MR) is 229 cm³/mol. The van der Waals surface area contributed by atoms with Gasteiger partial charge in [0.2, 0.25) is 0 Å². The number of unbranched alkanes of at least 4 members (excludes halogenated alkanes) is 1. The summed E-state index contributed by atoms with van der Waals surface area (Å²) in [5.41, 5.74) is 6.14. The van der Waals surface area contributed by atoms with Gasteiger partial charge < -0.3 is 24.8 Å². The second kappa shape index (κ2) is 20.6. The molecule has 2 heterocycles. The minimum atomic E-state index is -1.27. The summed E-state index contributed by atoms with van der Waals surface area (Å²) >= 11 is 0. The van der Waals surface area contributed by atoms with Crippen molar-refractivity contribution in [2.24, 2.45) is 16.3 Å². The lowest BCUT2D eigenvalue weighted by atomic mass is 9.91. The fourth-order valence-corrected chi connectivity index (χ4v) is 8.31. The van der Waals surface area contributed by atoms with Gasteiger partial charge in [-0.1, -0.05) is 44.9 Å². The number of hydrogen-bond acceptors (Lipinski definition) is 7. The number of nitrogens with zero attached hydrogens (tertiary/aromatic N) is 2. The van der Waals surface area contributed by atoms with Crippen LogP contribution in [0.25, 0.3) is 17.2 Å². The number of carbonyl (C=O) groups excluding carboxylic acids is 1. The standard InChI is InChI=1S/C46H59N3O6S/c1-6-8-26-54-27-28-55-40-19-14-35(15-20-40)36-16-23-43-38(29-36)30-37(13-10-25-49(43)32-46(4,5)45(51)52)44(50)48-39-17-21-41(22-18-39)56(53)31-42-33(3)34(11-7-2)12-9-24-47-42/h14-24,29-30,34H,6-13,25-28,31-32H2,1-5H3,(H,48,50)(H,51,52). The van der Waals surface area contributed by atoms with Crippen LogP contribution in [-0.2, 0) is 25.1 Å². The van der Waals surface area contributed by atoms with Crippen LogP contribution in [0.5, 0.6) is 5.75 Å². The van der Waals surface area contributed by atoms with Crippen LogP contribution < -0.4 is 15.0 Å². The molecule has 5 rings (SSSR count). The quantitative estimate of drug-likeness (QED) is 0.123. The number of aliphatic carboxylic acids is 1. The van der Waals surface area contributed by atoms with Crippen LogP contribution >= 0.6 is 0 Å². The van der Waals surface area contributed by atoms with E-state index in [1.807, 2.05) is 60.8 Å². The van der Waals surface area contributed by atoms with Crippen molar-refractivity contribution in [1.29, 1.82) is 0 Å². The summed E-state index contributed by atoms with van der Waals surface area (Å²) in [6.07, 6.45) is 11.5. The third kappa shape index (κ3) is 11.7.